The lowest BCUT2D eigenvalue weighted by Gasteiger charge is -2.14. The molecule has 6 heteroatoms. The number of thiocarbonyl (C=S) groups is 1. The van der Waals surface area contributed by atoms with Crippen molar-refractivity contribution in [1.82, 2.24) is 5.32 Å². The minimum atomic E-state index is -0.824. The van der Waals surface area contributed by atoms with Crippen LogP contribution in [0.5, 0.6) is 0 Å². The molecule has 0 radical (unpaired) electrons. The Morgan fingerprint density at radius 3 is 2.38 bits per heavy atom. The van der Waals surface area contributed by atoms with Gasteiger partial charge in [0.15, 0.2) is 5.05 Å². The van der Waals surface area contributed by atoms with E-state index in [0.29, 0.717) is 5.05 Å². The van der Waals surface area contributed by atoms with E-state index < -0.39 is 11.9 Å². The predicted octanol–water partition coefficient (Wildman–Crippen LogP) is -0.660. The number of amides is 2. The highest BCUT2D eigenvalue weighted by molar-refractivity contribution is 7.80. The minimum absolute atomic E-state index is 0.0236. The van der Waals surface area contributed by atoms with Gasteiger partial charge >= 0.3 is 0 Å². The fourth-order valence-electron chi connectivity index (χ4n) is 0.641. The summed E-state index contributed by atoms with van der Waals surface area (Å²) in [7, 11) is 0. The van der Waals surface area contributed by atoms with Crippen LogP contribution in [0.2, 0.25) is 0 Å². The molecule has 0 aromatic rings. The van der Waals surface area contributed by atoms with Crippen LogP contribution in [0, 0.1) is 0 Å². The molecule has 0 aliphatic heterocycles. The van der Waals surface area contributed by atoms with Crippen molar-refractivity contribution in [3.05, 3.63) is 0 Å². The summed E-state index contributed by atoms with van der Waals surface area (Å²) in [5.74, 6) is -0.985. The molecule has 0 saturated carbocycles. The maximum Gasteiger partial charge on any atom is 0.243 e. The van der Waals surface area contributed by atoms with Gasteiger partial charge < -0.3 is 15.8 Å². The van der Waals surface area contributed by atoms with Gasteiger partial charge in [0.2, 0.25) is 11.8 Å². The van der Waals surface area contributed by atoms with Crippen LogP contribution in [0.3, 0.4) is 0 Å². The lowest BCUT2D eigenvalue weighted by molar-refractivity contribution is -0.126. The molecule has 0 bridgehead atoms. The van der Waals surface area contributed by atoms with E-state index in [1.807, 2.05) is 0 Å². The Hall–Kier alpha value is -1.17. The standard InChI is InChI=1S/C7H12N2O3S/c1-4(10)9-6(7(8)11)3-12-5(2)13/h6H,3H2,1-2H3,(H2,8,11)(H,9,10)/t6-/m0/s1. The monoisotopic (exact) mass is 204 g/mol. The summed E-state index contributed by atoms with van der Waals surface area (Å²) in [6, 6.07) is -0.824. The van der Waals surface area contributed by atoms with Gasteiger partial charge in [-0.2, -0.15) is 0 Å². The van der Waals surface area contributed by atoms with Crippen LogP contribution in [0.4, 0.5) is 0 Å². The number of primary amides is 1. The number of rotatable bonds is 4. The van der Waals surface area contributed by atoms with E-state index in [1.54, 1.807) is 6.92 Å². The van der Waals surface area contributed by atoms with E-state index in [2.05, 4.69) is 17.5 Å². The first-order chi connectivity index (χ1) is 5.93. The van der Waals surface area contributed by atoms with Crippen molar-refractivity contribution in [2.24, 2.45) is 5.73 Å². The van der Waals surface area contributed by atoms with E-state index in [0.717, 1.165) is 0 Å². The summed E-state index contributed by atoms with van der Waals surface area (Å²) in [4.78, 5) is 21.3. The molecule has 13 heavy (non-hydrogen) atoms. The van der Waals surface area contributed by atoms with Crippen LogP contribution >= 0.6 is 12.2 Å². The third-order valence-electron chi connectivity index (χ3n) is 1.17. The lowest BCUT2D eigenvalue weighted by atomic mass is 10.3. The van der Waals surface area contributed by atoms with E-state index in [4.69, 9.17) is 10.5 Å². The third kappa shape index (κ3) is 6.03. The quantitative estimate of drug-likeness (QED) is 0.596. The van der Waals surface area contributed by atoms with Gasteiger partial charge in [-0.25, -0.2) is 0 Å². The molecular formula is C7H12N2O3S. The second-order valence-electron chi connectivity index (χ2n) is 2.46. The molecule has 0 aliphatic rings. The second-order valence-corrected chi connectivity index (χ2v) is 3.03. The Balaban J connectivity index is 4.02. The van der Waals surface area contributed by atoms with Crippen LogP contribution in [0.25, 0.3) is 0 Å². The Morgan fingerprint density at radius 1 is 1.54 bits per heavy atom. The molecule has 0 unspecified atom stereocenters. The number of hydrogen-bond donors (Lipinski definition) is 2. The molecule has 0 fully saturated rings. The molecule has 2 amide bonds. The maximum absolute atomic E-state index is 10.7. The molecule has 1 atom stereocenters. The minimum Gasteiger partial charge on any atom is -0.485 e. The first kappa shape index (κ1) is 11.8. The van der Waals surface area contributed by atoms with Crippen LogP contribution < -0.4 is 11.1 Å². The number of nitrogens with one attached hydrogen (secondary N) is 1. The number of carbonyl (C=O) groups excluding carboxylic acids is 2. The number of ether oxygens (including phenoxy) is 1. The highest BCUT2D eigenvalue weighted by Crippen LogP contribution is 1.87. The van der Waals surface area contributed by atoms with Crippen molar-refractivity contribution < 1.29 is 14.3 Å². The van der Waals surface area contributed by atoms with Crippen molar-refractivity contribution in [3.8, 4) is 0 Å². The number of nitrogens with two attached hydrogens (primary N) is 1. The summed E-state index contributed by atoms with van der Waals surface area (Å²) < 4.78 is 4.88. The van der Waals surface area contributed by atoms with Crippen molar-refractivity contribution in [3.63, 3.8) is 0 Å². The van der Waals surface area contributed by atoms with Crippen molar-refractivity contribution in [2.75, 3.05) is 6.61 Å². The molecule has 74 valence electrons. The van der Waals surface area contributed by atoms with Gasteiger partial charge in [-0.3, -0.25) is 9.59 Å². The fraction of sp³-hybridized carbons (Fsp3) is 0.571. The summed E-state index contributed by atoms with van der Waals surface area (Å²) >= 11 is 4.63. The topological polar surface area (TPSA) is 81.4 Å². The molecular weight excluding hydrogens is 192 g/mol. The highest BCUT2D eigenvalue weighted by Gasteiger charge is 2.16. The molecule has 0 aromatic heterocycles. The van der Waals surface area contributed by atoms with Gasteiger partial charge in [-0.05, 0) is 12.2 Å². The molecule has 0 rings (SSSR count). The SMILES string of the molecule is CC(=O)N[C@@H](COC(C)=S)C(N)=O. The Morgan fingerprint density at radius 2 is 2.08 bits per heavy atom. The summed E-state index contributed by atoms with van der Waals surface area (Å²) in [6.45, 7) is 2.84. The van der Waals surface area contributed by atoms with Gasteiger partial charge in [0, 0.05) is 13.8 Å². The predicted molar refractivity (Wildman–Crippen MR) is 51.0 cm³/mol. The zero-order chi connectivity index (χ0) is 10.4. The van der Waals surface area contributed by atoms with Gasteiger partial charge in [0.25, 0.3) is 0 Å². The normalized spacial score (nSPS) is 11.5. The van der Waals surface area contributed by atoms with Gasteiger partial charge in [-0.1, -0.05) is 0 Å². The number of carbonyl (C=O) groups is 2. The van der Waals surface area contributed by atoms with Crippen LogP contribution in [-0.4, -0.2) is 29.5 Å². The summed E-state index contributed by atoms with van der Waals surface area (Å²) in [6.07, 6.45) is 0. The molecule has 5 nitrogen and oxygen atoms in total. The Bertz CT molecular complexity index is 230. The fourth-order valence-corrected chi connectivity index (χ4v) is 0.709. The van der Waals surface area contributed by atoms with E-state index >= 15 is 0 Å². The van der Waals surface area contributed by atoms with Crippen molar-refractivity contribution >= 4 is 29.1 Å². The first-order valence-electron chi connectivity index (χ1n) is 3.63. The Labute approximate surface area is 81.6 Å². The third-order valence-corrected chi connectivity index (χ3v) is 1.29. The smallest absolute Gasteiger partial charge is 0.243 e. The zero-order valence-electron chi connectivity index (χ0n) is 7.49. The lowest BCUT2D eigenvalue weighted by Crippen LogP contribution is -2.46. The average Bonchev–Trinajstić information content (AvgIpc) is 1.96. The number of hydrogen-bond acceptors (Lipinski definition) is 4. The van der Waals surface area contributed by atoms with E-state index in [1.165, 1.54) is 6.92 Å². The Kier molecular flexibility index (Phi) is 4.98. The van der Waals surface area contributed by atoms with Gasteiger partial charge in [-0.15, -0.1) is 0 Å². The zero-order valence-corrected chi connectivity index (χ0v) is 8.31. The average molecular weight is 204 g/mol. The second kappa shape index (κ2) is 5.47. The van der Waals surface area contributed by atoms with Gasteiger partial charge in [0.05, 0.1) is 0 Å². The maximum atomic E-state index is 10.7. The molecule has 0 aliphatic carbocycles. The first-order valence-corrected chi connectivity index (χ1v) is 4.04. The largest absolute Gasteiger partial charge is 0.485 e. The molecule has 0 aromatic carbocycles. The summed E-state index contributed by atoms with van der Waals surface area (Å²) in [5, 5.41) is 2.64. The van der Waals surface area contributed by atoms with Crippen molar-refractivity contribution in [2.45, 2.75) is 19.9 Å². The molecule has 0 spiro atoms. The molecule has 0 heterocycles. The molecule has 0 saturated heterocycles. The van der Waals surface area contributed by atoms with E-state index in [9.17, 15) is 9.59 Å². The molecule has 3 N–H and O–H groups in total. The summed E-state index contributed by atoms with van der Waals surface area (Å²) in [5.41, 5.74) is 4.99. The van der Waals surface area contributed by atoms with Crippen molar-refractivity contribution in [1.29, 1.82) is 0 Å². The van der Waals surface area contributed by atoms with E-state index in [-0.39, 0.29) is 12.5 Å². The van der Waals surface area contributed by atoms with Crippen LogP contribution in [-0.2, 0) is 14.3 Å². The van der Waals surface area contributed by atoms with Crippen LogP contribution in [0.1, 0.15) is 13.8 Å². The van der Waals surface area contributed by atoms with Crippen LogP contribution in [0.15, 0.2) is 0 Å². The van der Waals surface area contributed by atoms with Gasteiger partial charge in [0.1, 0.15) is 12.6 Å². The highest BCUT2D eigenvalue weighted by atomic mass is 32.1.